The number of carbonyl (C=O) groups is 1. The van der Waals surface area contributed by atoms with Gasteiger partial charge in [0.1, 0.15) is 5.82 Å². The highest BCUT2D eigenvalue weighted by Crippen LogP contribution is 2.27. The standard InChI is InChI=1S/C28H29ClFN5O2/c1-3-25(34(16-6-15-31)27(36)19-11-9-18(2)10-12-19)26-32-24-17-20(29)13-14-21(24)28(37)35(26)33-23-8-5-4-7-22(23)30/h4-5,7-14,17,25,33H,3,6,15-16,31H2,1-2H3. The van der Waals surface area contributed by atoms with Crippen molar-refractivity contribution in [3.63, 3.8) is 0 Å². The number of aromatic nitrogens is 2. The van der Waals surface area contributed by atoms with Crippen molar-refractivity contribution in [3.8, 4) is 0 Å². The van der Waals surface area contributed by atoms with Gasteiger partial charge in [-0.3, -0.25) is 15.0 Å². The van der Waals surface area contributed by atoms with Gasteiger partial charge in [-0.05, 0) is 68.8 Å². The maximum atomic E-state index is 14.6. The van der Waals surface area contributed by atoms with E-state index in [2.05, 4.69) is 5.43 Å². The van der Waals surface area contributed by atoms with E-state index in [0.29, 0.717) is 47.4 Å². The molecule has 192 valence electrons. The second kappa shape index (κ2) is 11.5. The predicted octanol–water partition coefficient (Wildman–Crippen LogP) is 5.31. The zero-order chi connectivity index (χ0) is 26.5. The minimum absolute atomic E-state index is 0.106. The number of fused-ring (bicyclic) bond motifs is 1. The summed E-state index contributed by atoms with van der Waals surface area (Å²) in [4.78, 5) is 33.9. The fourth-order valence-electron chi connectivity index (χ4n) is 4.24. The molecule has 1 atom stereocenters. The van der Waals surface area contributed by atoms with Crippen molar-refractivity contribution < 1.29 is 9.18 Å². The summed E-state index contributed by atoms with van der Waals surface area (Å²) in [6.45, 7) is 4.59. The molecule has 0 saturated carbocycles. The molecular formula is C28H29ClFN5O2. The van der Waals surface area contributed by atoms with Crippen LogP contribution in [0, 0.1) is 12.7 Å². The molecule has 37 heavy (non-hydrogen) atoms. The lowest BCUT2D eigenvalue weighted by Gasteiger charge is -2.32. The fraction of sp³-hybridized carbons (Fsp3) is 0.250. The largest absolute Gasteiger partial charge is 0.330 e. The zero-order valence-electron chi connectivity index (χ0n) is 20.7. The third kappa shape index (κ3) is 5.65. The van der Waals surface area contributed by atoms with Gasteiger partial charge in [0.2, 0.25) is 0 Å². The first-order chi connectivity index (χ1) is 17.8. The van der Waals surface area contributed by atoms with Crippen molar-refractivity contribution >= 4 is 34.1 Å². The average molecular weight is 522 g/mol. The van der Waals surface area contributed by atoms with Crippen LogP contribution in [0.3, 0.4) is 0 Å². The van der Waals surface area contributed by atoms with Crippen LogP contribution in [0.15, 0.2) is 71.5 Å². The molecule has 4 rings (SSSR count). The molecule has 1 unspecified atom stereocenters. The summed E-state index contributed by atoms with van der Waals surface area (Å²) in [6, 6.07) is 17.5. The van der Waals surface area contributed by atoms with Gasteiger partial charge in [0.15, 0.2) is 5.82 Å². The number of halogens is 2. The molecular weight excluding hydrogens is 493 g/mol. The van der Waals surface area contributed by atoms with Gasteiger partial charge in [0.25, 0.3) is 11.5 Å². The van der Waals surface area contributed by atoms with Gasteiger partial charge >= 0.3 is 0 Å². The summed E-state index contributed by atoms with van der Waals surface area (Å²) in [5.74, 6) is -0.471. The quantitative estimate of drug-likeness (QED) is 0.311. The summed E-state index contributed by atoms with van der Waals surface area (Å²) in [6.07, 6.45) is 0.998. The second-order valence-corrected chi connectivity index (χ2v) is 9.23. The van der Waals surface area contributed by atoms with Gasteiger partial charge in [-0.15, -0.1) is 0 Å². The van der Waals surface area contributed by atoms with Gasteiger partial charge in [0, 0.05) is 17.1 Å². The molecule has 3 N–H and O–H groups in total. The van der Waals surface area contributed by atoms with Gasteiger partial charge in [-0.1, -0.05) is 48.4 Å². The molecule has 0 aliphatic carbocycles. The summed E-state index contributed by atoms with van der Waals surface area (Å²) in [5.41, 5.74) is 10.3. The second-order valence-electron chi connectivity index (χ2n) is 8.79. The normalized spacial score (nSPS) is 11.9. The van der Waals surface area contributed by atoms with Crippen LogP contribution in [0.25, 0.3) is 10.9 Å². The highest BCUT2D eigenvalue weighted by Gasteiger charge is 2.29. The predicted molar refractivity (Wildman–Crippen MR) is 145 cm³/mol. The summed E-state index contributed by atoms with van der Waals surface area (Å²) >= 11 is 6.21. The number of carbonyl (C=O) groups excluding carboxylic acids is 1. The van der Waals surface area contributed by atoms with Crippen LogP contribution in [0.1, 0.15) is 47.6 Å². The zero-order valence-corrected chi connectivity index (χ0v) is 21.5. The molecule has 0 bridgehead atoms. The van der Waals surface area contributed by atoms with Gasteiger partial charge in [-0.2, -0.15) is 0 Å². The average Bonchev–Trinajstić information content (AvgIpc) is 2.89. The number of aryl methyl sites for hydroxylation is 1. The van der Waals surface area contributed by atoms with Crippen molar-refractivity contribution in [3.05, 3.63) is 105 Å². The lowest BCUT2D eigenvalue weighted by molar-refractivity contribution is 0.0657. The molecule has 3 aromatic carbocycles. The van der Waals surface area contributed by atoms with E-state index >= 15 is 0 Å². The molecule has 1 aromatic heterocycles. The number of hydrogen-bond acceptors (Lipinski definition) is 5. The van der Waals surface area contributed by atoms with E-state index in [-0.39, 0.29) is 17.4 Å². The van der Waals surface area contributed by atoms with Crippen molar-refractivity contribution in [2.75, 3.05) is 18.5 Å². The van der Waals surface area contributed by atoms with E-state index in [1.54, 1.807) is 47.4 Å². The molecule has 1 heterocycles. The van der Waals surface area contributed by atoms with Crippen LogP contribution in [0.4, 0.5) is 10.1 Å². The lowest BCUT2D eigenvalue weighted by atomic mass is 10.1. The monoisotopic (exact) mass is 521 g/mol. The van der Waals surface area contributed by atoms with Crippen LogP contribution < -0.4 is 16.7 Å². The Morgan fingerprint density at radius 1 is 1.16 bits per heavy atom. The van der Waals surface area contributed by atoms with Gasteiger partial charge in [-0.25, -0.2) is 14.1 Å². The summed E-state index contributed by atoms with van der Waals surface area (Å²) < 4.78 is 15.8. The number of nitrogens with zero attached hydrogens (tertiary/aromatic N) is 3. The van der Waals surface area contributed by atoms with Crippen LogP contribution in [0.5, 0.6) is 0 Å². The number of benzene rings is 3. The third-order valence-corrected chi connectivity index (χ3v) is 6.42. The van der Waals surface area contributed by atoms with E-state index in [9.17, 15) is 14.0 Å². The number of hydrogen-bond donors (Lipinski definition) is 2. The highest BCUT2D eigenvalue weighted by atomic mass is 35.5. The first-order valence-electron chi connectivity index (χ1n) is 12.2. The van der Waals surface area contributed by atoms with E-state index in [1.165, 1.54) is 16.8 Å². The van der Waals surface area contributed by atoms with Crippen LogP contribution in [-0.4, -0.2) is 33.6 Å². The van der Waals surface area contributed by atoms with E-state index < -0.39 is 17.4 Å². The minimum Gasteiger partial charge on any atom is -0.330 e. The lowest BCUT2D eigenvalue weighted by Crippen LogP contribution is -2.41. The number of nitrogens with two attached hydrogens (primary N) is 1. The van der Waals surface area contributed by atoms with Crippen molar-refractivity contribution in [1.29, 1.82) is 0 Å². The molecule has 0 fully saturated rings. The number of anilines is 1. The van der Waals surface area contributed by atoms with Crippen LogP contribution >= 0.6 is 11.6 Å². The minimum atomic E-state index is -0.615. The Morgan fingerprint density at radius 2 is 1.89 bits per heavy atom. The maximum absolute atomic E-state index is 14.6. The maximum Gasteiger partial charge on any atom is 0.280 e. The Balaban J connectivity index is 1.91. The molecule has 7 nitrogen and oxygen atoms in total. The van der Waals surface area contributed by atoms with E-state index in [1.807, 2.05) is 26.0 Å². The molecule has 4 aromatic rings. The van der Waals surface area contributed by atoms with Crippen LogP contribution in [-0.2, 0) is 0 Å². The Kier molecular flexibility index (Phi) is 8.21. The molecule has 9 heteroatoms. The van der Waals surface area contributed by atoms with Crippen molar-refractivity contribution in [1.82, 2.24) is 14.6 Å². The number of para-hydroxylation sites is 1. The molecule has 0 saturated heterocycles. The number of nitrogens with one attached hydrogen (secondary N) is 1. The fourth-order valence-corrected chi connectivity index (χ4v) is 4.41. The van der Waals surface area contributed by atoms with E-state index in [4.69, 9.17) is 22.3 Å². The first kappa shape index (κ1) is 26.3. The molecule has 1 amide bonds. The van der Waals surface area contributed by atoms with Crippen LogP contribution in [0.2, 0.25) is 5.02 Å². The Morgan fingerprint density at radius 3 is 2.57 bits per heavy atom. The smallest absolute Gasteiger partial charge is 0.280 e. The molecule has 0 radical (unpaired) electrons. The summed E-state index contributed by atoms with van der Waals surface area (Å²) in [7, 11) is 0. The highest BCUT2D eigenvalue weighted by molar-refractivity contribution is 6.31. The Labute approximate surface area is 219 Å². The number of amides is 1. The topological polar surface area (TPSA) is 93.2 Å². The third-order valence-electron chi connectivity index (χ3n) is 6.19. The van der Waals surface area contributed by atoms with E-state index in [0.717, 1.165) is 5.56 Å². The van der Waals surface area contributed by atoms with Crippen molar-refractivity contribution in [2.45, 2.75) is 32.7 Å². The van der Waals surface area contributed by atoms with Gasteiger partial charge < -0.3 is 10.6 Å². The Bertz CT molecular complexity index is 1470. The Hall–Kier alpha value is -3.75. The van der Waals surface area contributed by atoms with Crippen molar-refractivity contribution in [2.24, 2.45) is 5.73 Å². The number of rotatable bonds is 9. The molecule has 0 aliphatic heterocycles. The SMILES string of the molecule is CCC(c1nc2cc(Cl)ccc2c(=O)n1Nc1ccccc1F)N(CCCN)C(=O)c1ccc(C)cc1. The molecule has 0 aliphatic rings. The first-order valence-corrected chi connectivity index (χ1v) is 12.5. The van der Waals surface area contributed by atoms with Gasteiger partial charge in [0.05, 0.1) is 22.6 Å². The molecule has 0 spiro atoms. The summed E-state index contributed by atoms with van der Waals surface area (Å²) in [5, 5.41) is 0.735.